The van der Waals surface area contributed by atoms with Crippen molar-refractivity contribution in [3.8, 4) is 5.75 Å². The molecule has 2 aromatic rings. The zero-order chi connectivity index (χ0) is 19.2. The van der Waals surface area contributed by atoms with Crippen LogP contribution in [-0.2, 0) is 17.6 Å². The number of rotatable bonds is 6. The molecule has 0 unspecified atom stereocenters. The van der Waals surface area contributed by atoms with Crippen molar-refractivity contribution in [3.05, 3.63) is 59.2 Å². The Hall–Kier alpha value is -2.82. The molecule has 0 heterocycles. The number of methoxy groups -OCH3 is 1. The quantitative estimate of drug-likeness (QED) is 0.848. The number of carbonyl (C=O) groups excluding carboxylic acids is 2. The molecule has 0 aromatic heterocycles. The monoisotopic (exact) mass is 366 g/mol. The SMILES string of the molecule is CCN(CC(=O)Nc1ccccc1OC)C(=O)c1ccc2c(c1)CCCC2. The number of anilines is 1. The van der Waals surface area contributed by atoms with Crippen LogP contribution in [0.5, 0.6) is 5.75 Å². The van der Waals surface area contributed by atoms with Gasteiger partial charge in [-0.15, -0.1) is 0 Å². The summed E-state index contributed by atoms with van der Waals surface area (Å²) < 4.78 is 5.25. The lowest BCUT2D eigenvalue weighted by atomic mass is 9.90. The molecule has 0 saturated carbocycles. The zero-order valence-electron chi connectivity index (χ0n) is 16.0. The highest BCUT2D eigenvalue weighted by Crippen LogP contribution is 2.24. The van der Waals surface area contributed by atoms with Crippen LogP contribution in [0.1, 0.15) is 41.3 Å². The molecule has 2 aromatic carbocycles. The average Bonchev–Trinajstić information content (AvgIpc) is 2.71. The summed E-state index contributed by atoms with van der Waals surface area (Å²) >= 11 is 0. The van der Waals surface area contributed by atoms with Crippen LogP contribution in [0.25, 0.3) is 0 Å². The van der Waals surface area contributed by atoms with Gasteiger partial charge in [-0.05, 0) is 68.0 Å². The molecule has 5 nitrogen and oxygen atoms in total. The summed E-state index contributed by atoms with van der Waals surface area (Å²) in [6.07, 6.45) is 4.49. The van der Waals surface area contributed by atoms with Gasteiger partial charge in [-0.3, -0.25) is 9.59 Å². The van der Waals surface area contributed by atoms with Crippen molar-refractivity contribution in [2.75, 3.05) is 25.5 Å². The maximum absolute atomic E-state index is 12.9. The van der Waals surface area contributed by atoms with Crippen molar-refractivity contribution in [1.82, 2.24) is 4.90 Å². The number of likely N-dealkylation sites (N-methyl/N-ethyl adjacent to an activating group) is 1. The standard InChI is InChI=1S/C22H26N2O3/c1-3-24(15-21(25)23-19-10-6-7-11-20(19)27-2)22(26)18-13-12-16-8-4-5-9-17(16)14-18/h6-7,10-14H,3-5,8-9,15H2,1-2H3,(H,23,25). The Balaban J connectivity index is 1.69. The van der Waals surface area contributed by atoms with Crippen LogP contribution in [0.3, 0.4) is 0 Å². The van der Waals surface area contributed by atoms with Crippen LogP contribution in [0, 0.1) is 0 Å². The van der Waals surface area contributed by atoms with E-state index in [0.29, 0.717) is 23.5 Å². The minimum absolute atomic E-state index is 0.00443. The number of carbonyl (C=O) groups is 2. The molecule has 0 fully saturated rings. The van der Waals surface area contributed by atoms with Gasteiger partial charge in [-0.25, -0.2) is 0 Å². The summed E-state index contributed by atoms with van der Waals surface area (Å²) in [5.74, 6) is 0.239. The summed E-state index contributed by atoms with van der Waals surface area (Å²) in [6, 6.07) is 13.2. The molecule has 0 radical (unpaired) electrons. The molecule has 1 aliphatic rings. The fraction of sp³-hybridized carbons (Fsp3) is 0.364. The number of hydrogen-bond donors (Lipinski definition) is 1. The van der Waals surface area contributed by atoms with E-state index in [1.807, 2.05) is 31.2 Å². The van der Waals surface area contributed by atoms with Crippen LogP contribution in [0.15, 0.2) is 42.5 Å². The minimum atomic E-state index is -0.243. The lowest BCUT2D eigenvalue weighted by Gasteiger charge is -2.22. The smallest absolute Gasteiger partial charge is 0.254 e. The van der Waals surface area contributed by atoms with Crippen LogP contribution < -0.4 is 10.1 Å². The zero-order valence-corrected chi connectivity index (χ0v) is 16.0. The highest BCUT2D eigenvalue weighted by atomic mass is 16.5. The Kier molecular flexibility index (Phi) is 6.12. The first-order valence-corrected chi connectivity index (χ1v) is 9.46. The predicted molar refractivity (Wildman–Crippen MR) is 106 cm³/mol. The highest BCUT2D eigenvalue weighted by molar-refractivity contribution is 6.00. The largest absolute Gasteiger partial charge is 0.495 e. The molecule has 1 aliphatic carbocycles. The van der Waals surface area contributed by atoms with Crippen LogP contribution in [-0.4, -0.2) is 36.9 Å². The van der Waals surface area contributed by atoms with Crippen molar-refractivity contribution < 1.29 is 14.3 Å². The van der Waals surface area contributed by atoms with Gasteiger partial charge >= 0.3 is 0 Å². The van der Waals surface area contributed by atoms with Crippen LogP contribution in [0.4, 0.5) is 5.69 Å². The minimum Gasteiger partial charge on any atom is -0.495 e. The van der Waals surface area contributed by atoms with Gasteiger partial charge < -0.3 is 15.0 Å². The highest BCUT2D eigenvalue weighted by Gasteiger charge is 2.20. The van der Waals surface area contributed by atoms with E-state index < -0.39 is 0 Å². The summed E-state index contributed by atoms with van der Waals surface area (Å²) in [4.78, 5) is 26.9. The average molecular weight is 366 g/mol. The van der Waals surface area contributed by atoms with E-state index in [2.05, 4.69) is 11.4 Å². The van der Waals surface area contributed by atoms with Crippen molar-refractivity contribution in [1.29, 1.82) is 0 Å². The number of nitrogens with zero attached hydrogens (tertiary/aromatic N) is 1. The Morgan fingerprint density at radius 3 is 2.56 bits per heavy atom. The van der Waals surface area contributed by atoms with E-state index in [4.69, 9.17) is 4.74 Å². The van der Waals surface area contributed by atoms with Gasteiger partial charge in [-0.2, -0.15) is 0 Å². The Morgan fingerprint density at radius 1 is 1.07 bits per heavy atom. The van der Waals surface area contributed by atoms with Gasteiger partial charge in [0, 0.05) is 12.1 Å². The summed E-state index contributed by atoms with van der Waals surface area (Å²) in [5, 5.41) is 2.82. The molecule has 3 rings (SSSR count). The maximum atomic E-state index is 12.9. The third-order valence-electron chi connectivity index (χ3n) is 4.98. The first kappa shape index (κ1) is 19.0. The first-order chi connectivity index (χ1) is 13.1. The van der Waals surface area contributed by atoms with Crippen LogP contribution >= 0.6 is 0 Å². The normalized spacial score (nSPS) is 12.8. The Labute approximate surface area is 160 Å². The van der Waals surface area contributed by atoms with Gasteiger partial charge in [0.25, 0.3) is 5.91 Å². The maximum Gasteiger partial charge on any atom is 0.254 e. The molecule has 0 bridgehead atoms. The molecular weight excluding hydrogens is 340 g/mol. The molecule has 1 N–H and O–H groups in total. The van der Waals surface area contributed by atoms with E-state index >= 15 is 0 Å². The van der Waals surface area contributed by atoms with E-state index in [9.17, 15) is 9.59 Å². The van der Waals surface area contributed by atoms with Gasteiger partial charge in [0.15, 0.2) is 0 Å². The fourth-order valence-corrected chi connectivity index (χ4v) is 3.49. The molecule has 27 heavy (non-hydrogen) atoms. The molecule has 2 amide bonds. The third-order valence-corrected chi connectivity index (χ3v) is 4.98. The number of hydrogen-bond acceptors (Lipinski definition) is 3. The molecule has 0 aliphatic heterocycles. The third kappa shape index (κ3) is 4.48. The second kappa shape index (κ2) is 8.71. The van der Waals surface area contributed by atoms with E-state index in [1.54, 1.807) is 24.1 Å². The fourth-order valence-electron chi connectivity index (χ4n) is 3.49. The Morgan fingerprint density at radius 2 is 1.81 bits per heavy atom. The topological polar surface area (TPSA) is 58.6 Å². The van der Waals surface area contributed by atoms with Crippen molar-refractivity contribution >= 4 is 17.5 Å². The number of aryl methyl sites for hydroxylation is 2. The van der Waals surface area contributed by atoms with E-state index in [-0.39, 0.29) is 18.4 Å². The molecule has 0 spiro atoms. The number of ether oxygens (including phenoxy) is 1. The first-order valence-electron chi connectivity index (χ1n) is 9.46. The van der Waals surface area contributed by atoms with Crippen molar-refractivity contribution in [2.24, 2.45) is 0 Å². The predicted octanol–water partition coefficient (Wildman–Crippen LogP) is 3.67. The Bertz CT molecular complexity index is 832. The second-order valence-corrected chi connectivity index (χ2v) is 6.76. The number of benzene rings is 2. The van der Waals surface area contributed by atoms with E-state index in [1.165, 1.54) is 24.0 Å². The van der Waals surface area contributed by atoms with Crippen molar-refractivity contribution in [3.63, 3.8) is 0 Å². The molecule has 5 heteroatoms. The number of nitrogens with one attached hydrogen (secondary N) is 1. The number of para-hydroxylation sites is 2. The lowest BCUT2D eigenvalue weighted by Crippen LogP contribution is -2.38. The summed E-state index contributed by atoms with van der Waals surface area (Å²) in [5.41, 5.74) is 3.86. The van der Waals surface area contributed by atoms with Gasteiger partial charge in [0.05, 0.1) is 12.8 Å². The molecule has 0 atom stereocenters. The number of fused-ring (bicyclic) bond motifs is 1. The second-order valence-electron chi connectivity index (χ2n) is 6.76. The van der Waals surface area contributed by atoms with Gasteiger partial charge in [0.1, 0.15) is 12.3 Å². The summed E-state index contributed by atoms with van der Waals surface area (Å²) in [7, 11) is 1.56. The summed E-state index contributed by atoms with van der Waals surface area (Å²) in [6.45, 7) is 2.35. The molecule has 0 saturated heterocycles. The molecule has 142 valence electrons. The van der Waals surface area contributed by atoms with Crippen LogP contribution in [0.2, 0.25) is 0 Å². The van der Waals surface area contributed by atoms with Gasteiger partial charge in [0.2, 0.25) is 5.91 Å². The number of amides is 2. The van der Waals surface area contributed by atoms with Crippen molar-refractivity contribution in [2.45, 2.75) is 32.6 Å². The lowest BCUT2D eigenvalue weighted by molar-refractivity contribution is -0.116. The molecular formula is C22H26N2O3. The van der Waals surface area contributed by atoms with E-state index in [0.717, 1.165) is 12.8 Å². The van der Waals surface area contributed by atoms with Gasteiger partial charge in [-0.1, -0.05) is 18.2 Å².